The van der Waals surface area contributed by atoms with Gasteiger partial charge in [-0.1, -0.05) is 5.57 Å². The topological polar surface area (TPSA) is 112 Å². The minimum atomic E-state index is -0.584. The first-order chi connectivity index (χ1) is 15.2. The van der Waals surface area contributed by atoms with Gasteiger partial charge < -0.3 is 24.9 Å². The SMILES string of the molecule is C=C(C)C[C@H](NC(C)=O)C(=O)N1CCC2(CCN(C(=O)CNC(=O)c3ccco3)CC2)C1. The van der Waals surface area contributed by atoms with Gasteiger partial charge in [-0.25, -0.2) is 0 Å². The fraction of sp³-hybridized carbons (Fsp3) is 0.565. The summed E-state index contributed by atoms with van der Waals surface area (Å²) in [4.78, 5) is 52.6. The normalized spacial score (nSPS) is 18.3. The number of furan rings is 1. The second-order valence-electron chi connectivity index (χ2n) is 8.96. The molecule has 0 unspecified atom stereocenters. The number of likely N-dealkylation sites (tertiary alicyclic amines) is 2. The van der Waals surface area contributed by atoms with Crippen LogP contribution in [0.2, 0.25) is 0 Å². The Morgan fingerprint density at radius 1 is 1.12 bits per heavy atom. The van der Waals surface area contributed by atoms with Crippen LogP contribution in [0.5, 0.6) is 0 Å². The molecule has 2 N–H and O–H groups in total. The number of nitrogens with one attached hydrogen (secondary N) is 2. The zero-order valence-corrected chi connectivity index (χ0v) is 18.8. The van der Waals surface area contributed by atoms with E-state index in [1.165, 1.54) is 13.2 Å². The predicted molar refractivity (Wildman–Crippen MR) is 118 cm³/mol. The van der Waals surface area contributed by atoms with Gasteiger partial charge in [0.2, 0.25) is 17.7 Å². The third-order valence-corrected chi connectivity index (χ3v) is 6.30. The highest BCUT2D eigenvalue weighted by atomic mass is 16.3. The lowest BCUT2D eigenvalue weighted by Gasteiger charge is -2.39. The summed E-state index contributed by atoms with van der Waals surface area (Å²) in [5.74, 6) is -0.665. The number of hydrogen-bond acceptors (Lipinski definition) is 5. The van der Waals surface area contributed by atoms with Gasteiger partial charge >= 0.3 is 0 Å². The second-order valence-corrected chi connectivity index (χ2v) is 8.96. The molecule has 0 aromatic carbocycles. The summed E-state index contributed by atoms with van der Waals surface area (Å²) in [6.45, 7) is 9.53. The van der Waals surface area contributed by atoms with Crippen LogP contribution in [0.25, 0.3) is 0 Å². The molecule has 1 aromatic heterocycles. The van der Waals surface area contributed by atoms with Gasteiger partial charge in [-0.05, 0) is 50.2 Å². The molecule has 9 heteroatoms. The number of amides is 4. The Bertz CT molecular complexity index is 855. The quantitative estimate of drug-likeness (QED) is 0.616. The van der Waals surface area contributed by atoms with Crippen LogP contribution in [0.1, 0.15) is 50.1 Å². The van der Waals surface area contributed by atoms with Gasteiger partial charge in [0.1, 0.15) is 6.04 Å². The number of rotatable bonds is 7. The average Bonchev–Trinajstić information content (AvgIpc) is 3.41. The van der Waals surface area contributed by atoms with E-state index in [1.54, 1.807) is 17.0 Å². The summed E-state index contributed by atoms with van der Waals surface area (Å²) in [5, 5.41) is 5.34. The van der Waals surface area contributed by atoms with Crippen molar-refractivity contribution in [2.24, 2.45) is 5.41 Å². The molecule has 2 fully saturated rings. The molecular formula is C23H32N4O5. The third-order valence-electron chi connectivity index (χ3n) is 6.30. The zero-order chi connectivity index (χ0) is 23.3. The Morgan fingerprint density at radius 2 is 1.78 bits per heavy atom. The largest absolute Gasteiger partial charge is 0.459 e. The van der Waals surface area contributed by atoms with E-state index in [1.807, 2.05) is 11.8 Å². The van der Waals surface area contributed by atoms with E-state index in [-0.39, 0.29) is 35.4 Å². The molecule has 0 bridgehead atoms. The Morgan fingerprint density at radius 3 is 2.34 bits per heavy atom. The van der Waals surface area contributed by atoms with Crippen molar-refractivity contribution in [1.29, 1.82) is 0 Å². The molecule has 1 aromatic rings. The Labute approximate surface area is 188 Å². The summed E-state index contributed by atoms with van der Waals surface area (Å²) in [7, 11) is 0. The van der Waals surface area contributed by atoms with Gasteiger partial charge in [-0.2, -0.15) is 0 Å². The molecule has 3 rings (SSSR count). The molecule has 32 heavy (non-hydrogen) atoms. The molecule has 4 amide bonds. The maximum atomic E-state index is 13.0. The van der Waals surface area contributed by atoms with E-state index in [9.17, 15) is 19.2 Å². The standard InChI is InChI=1S/C23H32N4O5/c1-16(2)13-18(25-17(3)28)22(31)27-11-8-23(15-27)6-9-26(10-7-23)20(29)14-24-21(30)19-5-4-12-32-19/h4-5,12,18H,1,6-11,13-15H2,2-3H3,(H,24,30)(H,25,28)/t18-/m0/s1. The first-order valence-corrected chi connectivity index (χ1v) is 11.0. The fourth-order valence-electron chi connectivity index (χ4n) is 4.54. The lowest BCUT2D eigenvalue weighted by molar-refractivity contribution is -0.136. The van der Waals surface area contributed by atoms with E-state index in [2.05, 4.69) is 17.2 Å². The van der Waals surface area contributed by atoms with Crippen molar-refractivity contribution in [1.82, 2.24) is 20.4 Å². The average molecular weight is 445 g/mol. The minimum absolute atomic E-state index is 0.00610. The van der Waals surface area contributed by atoms with E-state index in [4.69, 9.17) is 4.42 Å². The second kappa shape index (κ2) is 10.0. The van der Waals surface area contributed by atoms with Crippen LogP contribution in [-0.2, 0) is 14.4 Å². The van der Waals surface area contributed by atoms with Crippen molar-refractivity contribution in [2.45, 2.75) is 45.6 Å². The first kappa shape index (κ1) is 23.6. The molecular weight excluding hydrogens is 412 g/mol. The van der Waals surface area contributed by atoms with Crippen LogP contribution in [-0.4, -0.2) is 72.2 Å². The van der Waals surface area contributed by atoms with Crippen molar-refractivity contribution in [3.63, 3.8) is 0 Å². The smallest absolute Gasteiger partial charge is 0.287 e. The van der Waals surface area contributed by atoms with Crippen molar-refractivity contribution in [2.75, 3.05) is 32.7 Å². The van der Waals surface area contributed by atoms with Crippen LogP contribution < -0.4 is 10.6 Å². The highest BCUT2D eigenvalue weighted by Gasteiger charge is 2.43. The molecule has 9 nitrogen and oxygen atoms in total. The molecule has 2 aliphatic heterocycles. The predicted octanol–water partition coefficient (Wildman–Crippen LogP) is 1.32. The van der Waals surface area contributed by atoms with E-state index < -0.39 is 11.9 Å². The number of hydrogen-bond donors (Lipinski definition) is 2. The van der Waals surface area contributed by atoms with Crippen LogP contribution in [0.15, 0.2) is 35.0 Å². The minimum Gasteiger partial charge on any atom is -0.459 e. The summed E-state index contributed by atoms with van der Waals surface area (Å²) in [6.07, 6.45) is 4.33. The fourth-order valence-corrected chi connectivity index (χ4v) is 4.54. The van der Waals surface area contributed by atoms with Gasteiger partial charge in [-0.3, -0.25) is 19.2 Å². The maximum Gasteiger partial charge on any atom is 0.287 e. The monoisotopic (exact) mass is 444 g/mol. The number of nitrogens with zero attached hydrogens (tertiary/aromatic N) is 2. The molecule has 3 heterocycles. The molecule has 2 saturated heterocycles. The van der Waals surface area contributed by atoms with Gasteiger partial charge in [0.25, 0.3) is 5.91 Å². The van der Waals surface area contributed by atoms with E-state index >= 15 is 0 Å². The van der Waals surface area contributed by atoms with Crippen molar-refractivity contribution in [3.05, 3.63) is 36.3 Å². The molecule has 0 saturated carbocycles. The first-order valence-electron chi connectivity index (χ1n) is 11.0. The molecule has 2 aliphatic rings. The van der Waals surface area contributed by atoms with Crippen molar-refractivity contribution in [3.8, 4) is 0 Å². The number of carbonyl (C=O) groups is 4. The van der Waals surface area contributed by atoms with Crippen molar-refractivity contribution < 1.29 is 23.6 Å². The van der Waals surface area contributed by atoms with E-state index in [0.29, 0.717) is 32.6 Å². The molecule has 0 radical (unpaired) electrons. The van der Waals surface area contributed by atoms with Crippen LogP contribution in [0.4, 0.5) is 0 Å². The molecule has 1 atom stereocenters. The zero-order valence-electron chi connectivity index (χ0n) is 18.8. The Kier molecular flexibility index (Phi) is 7.37. The highest BCUT2D eigenvalue weighted by Crippen LogP contribution is 2.40. The summed E-state index contributed by atoms with van der Waals surface area (Å²) in [6, 6.07) is 2.58. The highest BCUT2D eigenvalue weighted by molar-refractivity contribution is 5.94. The van der Waals surface area contributed by atoms with Crippen LogP contribution in [0, 0.1) is 5.41 Å². The summed E-state index contributed by atoms with van der Waals surface area (Å²) < 4.78 is 5.03. The third kappa shape index (κ3) is 5.77. The Hall–Kier alpha value is -3.10. The lowest BCUT2D eigenvalue weighted by atomic mass is 9.77. The van der Waals surface area contributed by atoms with Gasteiger partial charge in [0.05, 0.1) is 12.8 Å². The van der Waals surface area contributed by atoms with Gasteiger partial charge in [0, 0.05) is 33.1 Å². The molecule has 174 valence electrons. The number of carbonyl (C=O) groups excluding carboxylic acids is 4. The van der Waals surface area contributed by atoms with E-state index in [0.717, 1.165) is 24.8 Å². The lowest BCUT2D eigenvalue weighted by Crippen LogP contribution is -2.50. The van der Waals surface area contributed by atoms with Gasteiger partial charge in [0.15, 0.2) is 5.76 Å². The number of piperidine rings is 1. The summed E-state index contributed by atoms with van der Waals surface area (Å²) >= 11 is 0. The van der Waals surface area contributed by atoms with Crippen molar-refractivity contribution >= 4 is 23.6 Å². The van der Waals surface area contributed by atoms with Crippen LogP contribution in [0.3, 0.4) is 0 Å². The molecule has 0 aliphatic carbocycles. The van der Waals surface area contributed by atoms with Gasteiger partial charge in [-0.15, -0.1) is 6.58 Å². The molecule has 1 spiro atoms. The Balaban J connectivity index is 1.49. The summed E-state index contributed by atoms with van der Waals surface area (Å²) in [5.41, 5.74) is 0.838. The van der Waals surface area contributed by atoms with Crippen LogP contribution >= 0.6 is 0 Å². The maximum absolute atomic E-state index is 13.0.